The van der Waals surface area contributed by atoms with Crippen LogP contribution in [-0.4, -0.2) is 64.5 Å². The molecule has 0 aromatic heterocycles. The normalized spacial score (nSPS) is 25.5. The average molecular weight is 414 g/mol. The molecule has 0 radical (unpaired) electrons. The van der Waals surface area contributed by atoms with Crippen molar-refractivity contribution in [2.45, 2.75) is 31.7 Å². The van der Waals surface area contributed by atoms with Gasteiger partial charge in [0.2, 0.25) is 11.8 Å². The first-order valence-electron chi connectivity index (χ1n) is 10.2. The van der Waals surface area contributed by atoms with Gasteiger partial charge in [-0.25, -0.2) is 5.48 Å². The number of carbonyl (C=O) groups is 2. The third-order valence-corrected chi connectivity index (χ3v) is 6.72. The summed E-state index contributed by atoms with van der Waals surface area (Å²) in [6.07, 6.45) is 5.34. The molecule has 9 heteroatoms. The number of nitro benzene ring substituents is 1. The van der Waals surface area contributed by atoms with Crippen LogP contribution >= 0.6 is 0 Å². The third kappa shape index (κ3) is 3.82. The van der Waals surface area contributed by atoms with E-state index in [4.69, 9.17) is 0 Å². The van der Waals surface area contributed by atoms with E-state index in [1.165, 1.54) is 12.1 Å². The first-order chi connectivity index (χ1) is 14.3. The number of carbonyl (C=O) groups excluding carboxylic acids is 2. The van der Waals surface area contributed by atoms with E-state index in [2.05, 4.69) is 0 Å². The zero-order valence-corrected chi connectivity index (χ0v) is 16.9. The molecule has 0 unspecified atom stereocenters. The fourth-order valence-corrected chi connectivity index (χ4v) is 4.91. The highest BCUT2D eigenvalue weighted by Crippen LogP contribution is 2.54. The lowest BCUT2D eigenvalue weighted by Crippen LogP contribution is -2.59. The van der Waals surface area contributed by atoms with Crippen molar-refractivity contribution in [1.29, 1.82) is 0 Å². The van der Waals surface area contributed by atoms with E-state index in [1.54, 1.807) is 22.5 Å². The van der Waals surface area contributed by atoms with E-state index in [-0.39, 0.29) is 17.0 Å². The summed E-state index contributed by atoms with van der Waals surface area (Å²) in [4.78, 5) is 39.7. The summed E-state index contributed by atoms with van der Waals surface area (Å²) in [6, 6.07) is 5.84. The molecule has 0 bridgehead atoms. The van der Waals surface area contributed by atoms with Crippen LogP contribution in [-0.2, 0) is 9.59 Å². The van der Waals surface area contributed by atoms with Gasteiger partial charge in [-0.05, 0) is 61.4 Å². The predicted octanol–water partition coefficient (Wildman–Crippen LogP) is 1.82. The number of nitrogens with zero attached hydrogens (tertiary/aromatic N) is 3. The van der Waals surface area contributed by atoms with Crippen molar-refractivity contribution in [2.75, 3.05) is 26.7 Å². The van der Waals surface area contributed by atoms with Gasteiger partial charge in [0.25, 0.3) is 5.69 Å². The molecule has 1 aromatic rings. The minimum atomic E-state index is -0.585. The molecule has 160 valence electrons. The van der Waals surface area contributed by atoms with Gasteiger partial charge in [0, 0.05) is 31.8 Å². The van der Waals surface area contributed by atoms with Gasteiger partial charge in [0.1, 0.15) is 6.04 Å². The summed E-state index contributed by atoms with van der Waals surface area (Å²) < 4.78 is 0. The molecule has 1 spiro atoms. The maximum absolute atomic E-state index is 13.3. The Hall–Kier alpha value is -2.78. The fourth-order valence-electron chi connectivity index (χ4n) is 4.91. The molecular formula is C21H26N4O5. The highest BCUT2D eigenvalue weighted by molar-refractivity contribution is 5.90. The third-order valence-electron chi connectivity index (χ3n) is 6.72. The number of hydroxylamine groups is 1. The van der Waals surface area contributed by atoms with Crippen LogP contribution in [0.25, 0.3) is 5.57 Å². The monoisotopic (exact) mass is 414 g/mol. The molecule has 3 aliphatic rings. The summed E-state index contributed by atoms with van der Waals surface area (Å²) in [6.45, 7) is 1.73. The minimum absolute atomic E-state index is 0.0499. The van der Waals surface area contributed by atoms with E-state index in [1.807, 2.05) is 18.0 Å². The van der Waals surface area contributed by atoms with Crippen molar-refractivity contribution >= 4 is 23.1 Å². The number of benzene rings is 1. The van der Waals surface area contributed by atoms with Crippen molar-refractivity contribution in [2.24, 2.45) is 11.3 Å². The number of hydrogen-bond donors (Lipinski definition) is 2. The van der Waals surface area contributed by atoms with E-state index >= 15 is 0 Å². The summed E-state index contributed by atoms with van der Waals surface area (Å²) in [7, 11) is 1.88. The van der Waals surface area contributed by atoms with Gasteiger partial charge >= 0.3 is 0 Å². The summed E-state index contributed by atoms with van der Waals surface area (Å²) in [5.74, 6) is -1.16. The molecule has 9 nitrogen and oxygen atoms in total. The number of non-ortho nitro benzene ring substituents is 1. The van der Waals surface area contributed by atoms with Gasteiger partial charge in [0.15, 0.2) is 0 Å². The van der Waals surface area contributed by atoms with Crippen LogP contribution in [0.2, 0.25) is 0 Å². The summed E-state index contributed by atoms with van der Waals surface area (Å²) >= 11 is 0. The van der Waals surface area contributed by atoms with E-state index < -0.39 is 22.8 Å². The SMILES string of the molecule is CN1CC2(CC2)C[C@H](C(=O)NO)[C@H]1C(=O)N1CC=C(c2ccc([N+](=O)[O-])cc2)CC1. The standard InChI is InChI=1S/C21H26N4O5/c1-23-13-21(8-9-21)12-17(19(26)22-28)18(23)20(27)24-10-6-15(7-11-24)14-2-4-16(5-3-14)25(29)30/h2-6,17-18,28H,7-13H2,1H3,(H,22,26)/t17-,18-/m0/s1. The Morgan fingerprint density at radius 3 is 2.50 bits per heavy atom. The molecule has 2 aliphatic heterocycles. The van der Waals surface area contributed by atoms with Gasteiger partial charge in [-0.1, -0.05) is 6.08 Å². The first-order valence-corrected chi connectivity index (χ1v) is 10.2. The highest BCUT2D eigenvalue weighted by Gasteiger charge is 2.55. The second-order valence-corrected chi connectivity index (χ2v) is 8.71. The second-order valence-electron chi connectivity index (χ2n) is 8.71. The molecule has 4 rings (SSSR count). The van der Waals surface area contributed by atoms with Crippen LogP contribution in [0.4, 0.5) is 5.69 Å². The molecule has 2 amide bonds. The molecule has 2 heterocycles. The Kier molecular flexibility index (Phi) is 5.33. The average Bonchev–Trinajstić information content (AvgIpc) is 3.50. The topological polar surface area (TPSA) is 116 Å². The molecular weight excluding hydrogens is 388 g/mol. The zero-order valence-electron chi connectivity index (χ0n) is 16.9. The van der Waals surface area contributed by atoms with Crippen molar-refractivity contribution < 1.29 is 19.7 Å². The summed E-state index contributed by atoms with van der Waals surface area (Å²) in [5.41, 5.74) is 3.87. The van der Waals surface area contributed by atoms with Crippen molar-refractivity contribution in [3.63, 3.8) is 0 Å². The lowest BCUT2D eigenvalue weighted by Gasteiger charge is -2.43. The van der Waals surface area contributed by atoms with Crippen LogP contribution in [0.15, 0.2) is 30.3 Å². The fraction of sp³-hybridized carbons (Fsp3) is 0.524. The molecule has 1 saturated heterocycles. The Morgan fingerprint density at radius 1 is 1.27 bits per heavy atom. The number of piperidine rings is 1. The van der Waals surface area contributed by atoms with Crippen LogP contribution < -0.4 is 5.48 Å². The number of likely N-dealkylation sites (N-methyl/N-ethyl adjacent to an activating group) is 1. The summed E-state index contributed by atoms with van der Waals surface area (Å²) in [5, 5.41) is 20.0. The Morgan fingerprint density at radius 2 is 1.97 bits per heavy atom. The maximum atomic E-state index is 13.3. The van der Waals surface area contributed by atoms with Crippen molar-refractivity contribution in [1.82, 2.24) is 15.3 Å². The number of hydrogen-bond acceptors (Lipinski definition) is 6. The van der Waals surface area contributed by atoms with Crippen molar-refractivity contribution in [3.8, 4) is 0 Å². The van der Waals surface area contributed by atoms with Crippen LogP contribution in [0, 0.1) is 21.4 Å². The molecule has 1 saturated carbocycles. The van der Waals surface area contributed by atoms with Crippen molar-refractivity contribution in [3.05, 3.63) is 46.0 Å². The smallest absolute Gasteiger partial charge is 0.269 e. The second kappa shape index (κ2) is 7.81. The molecule has 2 fully saturated rings. The van der Waals surface area contributed by atoms with E-state index in [9.17, 15) is 24.9 Å². The largest absolute Gasteiger partial charge is 0.337 e. The van der Waals surface area contributed by atoms with Gasteiger partial charge in [-0.3, -0.25) is 29.8 Å². The molecule has 2 N–H and O–H groups in total. The number of nitro groups is 1. The number of rotatable bonds is 4. The minimum Gasteiger partial charge on any atom is -0.337 e. The van der Waals surface area contributed by atoms with Gasteiger partial charge in [0.05, 0.1) is 10.8 Å². The molecule has 1 aromatic carbocycles. The maximum Gasteiger partial charge on any atom is 0.269 e. The molecule has 2 atom stereocenters. The number of likely N-dealkylation sites (tertiary alicyclic amines) is 1. The van der Waals surface area contributed by atoms with Crippen LogP contribution in [0.3, 0.4) is 0 Å². The Balaban J connectivity index is 1.47. The Labute approximate surface area is 174 Å². The Bertz CT molecular complexity index is 893. The number of amides is 2. The molecule has 1 aliphatic carbocycles. The lowest BCUT2D eigenvalue weighted by molar-refractivity contribution is -0.384. The first kappa shape index (κ1) is 20.5. The highest BCUT2D eigenvalue weighted by atomic mass is 16.6. The van der Waals surface area contributed by atoms with Crippen LogP contribution in [0.5, 0.6) is 0 Å². The zero-order chi connectivity index (χ0) is 21.5. The quantitative estimate of drug-likeness (QED) is 0.441. The lowest BCUT2D eigenvalue weighted by atomic mass is 9.80. The number of nitrogens with one attached hydrogen (secondary N) is 1. The van der Waals surface area contributed by atoms with Gasteiger partial charge in [-0.2, -0.15) is 0 Å². The predicted molar refractivity (Wildman–Crippen MR) is 108 cm³/mol. The van der Waals surface area contributed by atoms with Gasteiger partial charge in [-0.15, -0.1) is 0 Å². The van der Waals surface area contributed by atoms with Gasteiger partial charge < -0.3 is 4.90 Å². The van der Waals surface area contributed by atoms with Crippen LogP contribution in [0.1, 0.15) is 31.2 Å². The molecule has 30 heavy (non-hydrogen) atoms. The van der Waals surface area contributed by atoms with E-state index in [0.717, 1.165) is 30.5 Å². The van der Waals surface area contributed by atoms with E-state index in [0.29, 0.717) is 25.9 Å².